The van der Waals surface area contributed by atoms with Gasteiger partial charge in [0.15, 0.2) is 0 Å². The number of amides is 1. The van der Waals surface area contributed by atoms with E-state index in [9.17, 15) is 4.79 Å². The normalized spacial score (nSPS) is 15.1. The van der Waals surface area contributed by atoms with Crippen LogP contribution in [0.2, 0.25) is 0 Å². The van der Waals surface area contributed by atoms with Gasteiger partial charge in [-0.3, -0.25) is 10.3 Å². The molecule has 1 heterocycles. The number of piperidine rings is 1. The lowest BCUT2D eigenvalue weighted by Gasteiger charge is -2.33. The van der Waals surface area contributed by atoms with Crippen LogP contribution in [0.25, 0.3) is 5.70 Å². The van der Waals surface area contributed by atoms with Gasteiger partial charge in [0.25, 0.3) is 0 Å². The zero-order valence-electron chi connectivity index (χ0n) is 19.0. The van der Waals surface area contributed by atoms with Crippen LogP contribution in [0.5, 0.6) is 0 Å². The average molecular weight is 419 g/mol. The molecule has 1 aromatic carbocycles. The molecule has 0 saturated carbocycles. The van der Waals surface area contributed by atoms with E-state index in [4.69, 9.17) is 14.3 Å². The number of nitrogens with zero attached hydrogens (tertiary/aromatic N) is 1. The molecular weight excluding hydrogens is 380 g/mol. The van der Waals surface area contributed by atoms with Crippen molar-refractivity contribution in [1.29, 1.82) is 0 Å². The molecule has 1 N–H and O–H groups in total. The van der Waals surface area contributed by atoms with Crippen molar-refractivity contribution in [3.05, 3.63) is 42.0 Å². The first kappa shape index (κ1) is 24.2. The lowest BCUT2D eigenvalue weighted by Crippen LogP contribution is -2.43. The summed E-state index contributed by atoms with van der Waals surface area (Å²) in [5, 5.41) is 0. The van der Waals surface area contributed by atoms with E-state index in [0.29, 0.717) is 26.3 Å². The van der Waals surface area contributed by atoms with E-state index in [1.54, 1.807) is 4.90 Å². The summed E-state index contributed by atoms with van der Waals surface area (Å²) >= 11 is 0. The molecule has 0 unspecified atom stereocenters. The van der Waals surface area contributed by atoms with Crippen LogP contribution >= 0.6 is 0 Å². The second kappa shape index (κ2) is 12.0. The van der Waals surface area contributed by atoms with Crippen molar-refractivity contribution >= 4 is 11.8 Å². The van der Waals surface area contributed by atoms with Crippen molar-refractivity contribution in [2.75, 3.05) is 26.3 Å². The number of unbranched alkanes of at least 4 members (excludes halogenated alkanes) is 1. The molecule has 0 bridgehead atoms. The second-order valence-electron chi connectivity index (χ2n) is 8.77. The highest BCUT2D eigenvalue weighted by atomic mass is 16.7. The number of likely N-dealkylation sites (tertiary alicyclic amines) is 1. The molecule has 0 aliphatic carbocycles. The minimum Gasteiger partial charge on any atom is -0.444 e. The Kier molecular flexibility index (Phi) is 9.66. The van der Waals surface area contributed by atoms with Crippen molar-refractivity contribution in [1.82, 2.24) is 10.4 Å². The summed E-state index contributed by atoms with van der Waals surface area (Å²) in [6, 6.07) is 8.42. The van der Waals surface area contributed by atoms with Gasteiger partial charge in [-0.25, -0.2) is 4.79 Å². The number of hydroxylamine groups is 1. The highest BCUT2D eigenvalue weighted by Gasteiger charge is 2.27. The highest BCUT2D eigenvalue weighted by molar-refractivity contribution is 5.68. The fourth-order valence-electron chi connectivity index (χ4n) is 3.24. The maximum Gasteiger partial charge on any atom is 0.410 e. The summed E-state index contributed by atoms with van der Waals surface area (Å²) in [7, 11) is 0. The fraction of sp³-hybridized carbons (Fsp3) is 0.625. The number of hydrogen-bond donors (Lipinski definition) is 1. The number of aryl methyl sites for hydroxylation is 1. The molecule has 0 atom stereocenters. The van der Waals surface area contributed by atoms with E-state index in [-0.39, 0.29) is 12.2 Å². The lowest BCUT2D eigenvalue weighted by molar-refractivity contribution is -0.0388. The molecule has 1 aromatic rings. The number of nitrogens with one attached hydrogen (secondary N) is 1. The van der Waals surface area contributed by atoms with Gasteiger partial charge in [0.2, 0.25) is 0 Å². The van der Waals surface area contributed by atoms with Gasteiger partial charge in [-0.1, -0.05) is 44.2 Å². The first-order valence-corrected chi connectivity index (χ1v) is 11.0. The molecule has 0 aromatic heterocycles. The van der Waals surface area contributed by atoms with Crippen molar-refractivity contribution in [3.8, 4) is 0 Å². The van der Waals surface area contributed by atoms with Crippen LogP contribution in [0, 0.1) is 0 Å². The van der Waals surface area contributed by atoms with Crippen molar-refractivity contribution < 1.29 is 19.1 Å². The molecule has 1 aliphatic heterocycles. The molecule has 1 aliphatic rings. The molecule has 0 radical (unpaired) electrons. The predicted molar refractivity (Wildman–Crippen MR) is 120 cm³/mol. The third-order valence-corrected chi connectivity index (χ3v) is 4.95. The van der Waals surface area contributed by atoms with Crippen LogP contribution in [-0.4, -0.2) is 49.0 Å². The van der Waals surface area contributed by atoms with Gasteiger partial charge >= 0.3 is 6.09 Å². The molecule has 168 valence electrons. The molecule has 1 amide bonds. The summed E-state index contributed by atoms with van der Waals surface area (Å²) in [5.41, 5.74) is 5.54. The average Bonchev–Trinajstić information content (AvgIpc) is 2.71. The fourth-order valence-corrected chi connectivity index (χ4v) is 3.24. The van der Waals surface area contributed by atoms with Gasteiger partial charge in [0, 0.05) is 13.1 Å². The van der Waals surface area contributed by atoms with Gasteiger partial charge in [-0.05, 0) is 57.6 Å². The standard InChI is InChI=1S/C24H38N2O4/c1-6-7-8-20-9-11-21(12-10-20)19(2)25-29-18-17-28-22-13-15-26(16-14-22)23(27)30-24(3,4)5/h9-12,22,25H,2,6-8,13-18H2,1,3-5H3. The third kappa shape index (κ3) is 8.76. The first-order chi connectivity index (χ1) is 14.3. The highest BCUT2D eigenvalue weighted by Crippen LogP contribution is 2.17. The number of hydrogen-bond acceptors (Lipinski definition) is 5. The zero-order chi connectivity index (χ0) is 22.0. The Bertz CT molecular complexity index is 659. The van der Waals surface area contributed by atoms with Crippen LogP contribution in [0.1, 0.15) is 64.5 Å². The number of benzene rings is 1. The summed E-state index contributed by atoms with van der Waals surface area (Å²) in [4.78, 5) is 19.3. The molecule has 0 spiro atoms. The Morgan fingerprint density at radius 3 is 2.43 bits per heavy atom. The van der Waals surface area contributed by atoms with E-state index < -0.39 is 5.60 Å². The van der Waals surface area contributed by atoms with E-state index in [1.165, 1.54) is 18.4 Å². The Morgan fingerprint density at radius 1 is 1.17 bits per heavy atom. The van der Waals surface area contributed by atoms with Gasteiger partial charge < -0.3 is 14.4 Å². The van der Waals surface area contributed by atoms with Crippen LogP contribution < -0.4 is 5.48 Å². The number of carbonyl (C=O) groups excluding carboxylic acids is 1. The minimum atomic E-state index is -0.462. The van der Waals surface area contributed by atoms with Crippen molar-refractivity contribution in [3.63, 3.8) is 0 Å². The topological polar surface area (TPSA) is 60.0 Å². The molecule has 1 fully saturated rings. The van der Waals surface area contributed by atoms with Crippen LogP contribution in [-0.2, 0) is 20.7 Å². The Labute approximate surface area is 181 Å². The van der Waals surface area contributed by atoms with Crippen LogP contribution in [0.4, 0.5) is 4.79 Å². The van der Waals surface area contributed by atoms with E-state index in [2.05, 4.69) is 43.2 Å². The Hall–Kier alpha value is -2.05. The Balaban J connectivity index is 1.58. The number of rotatable bonds is 10. The summed E-state index contributed by atoms with van der Waals surface area (Å²) in [6.07, 6.45) is 5.04. The number of carbonyl (C=O) groups is 1. The number of ether oxygens (including phenoxy) is 2. The molecule has 6 nitrogen and oxygen atoms in total. The lowest BCUT2D eigenvalue weighted by atomic mass is 10.1. The van der Waals surface area contributed by atoms with E-state index >= 15 is 0 Å². The quantitative estimate of drug-likeness (QED) is 0.431. The summed E-state index contributed by atoms with van der Waals surface area (Å²) in [6.45, 7) is 14.1. The molecule has 2 rings (SSSR count). The summed E-state index contributed by atoms with van der Waals surface area (Å²) in [5.74, 6) is 0. The van der Waals surface area contributed by atoms with E-state index in [1.807, 2.05) is 20.8 Å². The smallest absolute Gasteiger partial charge is 0.410 e. The van der Waals surface area contributed by atoms with Gasteiger partial charge in [0.05, 0.1) is 25.0 Å². The minimum absolute atomic E-state index is 0.145. The van der Waals surface area contributed by atoms with Gasteiger partial charge in [-0.15, -0.1) is 0 Å². The second-order valence-corrected chi connectivity index (χ2v) is 8.77. The van der Waals surface area contributed by atoms with E-state index in [0.717, 1.165) is 30.5 Å². The SMILES string of the molecule is C=C(NOCCOC1CCN(C(=O)OC(C)(C)C)CC1)c1ccc(CCCC)cc1. The van der Waals surface area contributed by atoms with Crippen molar-refractivity contribution in [2.24, 2.45) is 0 Å². The third-order valence-electron chi connectivity index (χ3n) is 4.95. The van der Waals surface area contributed by atoms with Crippen LogP contribution in [0.15, 0.2) is 30.8 Å². The predicted octanol–water partition coefficient (Wildman–Crippen LogP) is 4.94. The molecule has 6 heteroatoms. The van der Waals surface area contributed by atoms with Crippen LogP contribution in [0.3, 0.4) is 0 Å². The molecular formula is C24H38N2O4. The zero-order valence-corrected chi connectivity index (χ0v) is 19.0. The molecule has 1 saturated heterocycles. The Morgan fingerprint density at radius 2 is 1.83 bits per heavy atom. The largest absolute Gasteiger partial charge is 0.444 e. The van der Waals surface area contributed by atoms with Crippen molar-refractivity contribution in [2.45, 2.75) is 71.5 Å². The molecule has 30 heavy (non-hydrogen) atoms. The van der Waals surface area contributed by atoms with Gasteiger partial charge in [-0.2, -0.15) is 0 Å². The first-order valence-electron chi connectivity index (χ1n) is 11.0. The van der Waals surface area contributed by atoms with Gasteiger partial charge in [0.1, 0.15) is 5.60 Å². The monoisotopic (exact) mass is 418 g/mol. The summed E-state index contributed by atoms with van der Waals surface area (Å²) < 4.78 is 11.3. The maximum atomic E-state index is 12.1. The maximum absolute atomic E-state index is 12.1.